The Hall–Kier alpha value is -2.57. The van der Waals surface area contributed by atoms with Crippen molar-refractivity contribution in [2.24, 2.45) is 5.92 Å². The van der Waals surface area contributed by atoms with E-state index in [9.17, 15) is 19.5 Å². The predicted molar refractivity (Wildman–Crippen MR) is 74.2 cm³/mol. The monoisotopic (exact) mass is 292 g/mol. The standard InChI is InChI=1S/C14H16N2O5/c1-15(2)13(19)10-6-9(3-4-11(10)17)16-7-8(14(20)21)5-12(16)18/h3-4,6,8,17H,5,7H2,1-2H3,(H,20,21)/t8-/m1/s1. The van der Waals surface area contributed by atoms with Gasteiger partial charge in [-0.3, -0.25) is 14.4 Å². The second kappa shape index (κ2) is 5.43. The molecule has 1 atom stereocenters. The lowest BCUT2D eigenvalue weighted by Crippen LogP contribution is -2.27. The summed E-state index contributed by atoms with van der Waals surface area (Å²) < 4.78 is 0. The third kappa shape index (κ3) is 2.81. The van der Waals surface area contributed by atoms with Gasteiger partial charge in [0.2, 0.25) is 5.91 Å². The summed E-state index contributed by atoms with van der Waals surface area (Å²) in [6.45, 7) is 0.0640. The number of hydrogen-bond donors (Lipinski definition) is 2. The third-order valence-electron chi connectivity index (χ3n) is 3.40. The van der Waals surface area contributed by atoms with Crippen LogP contribution in [0.4, 0.5) is 5.69 Å². The molecule has 7 nitrogen and oxygen atoms in total. The fourth-order valence-corrected chi connectivity index (χ4v) is 2.23. The first-order chi connectivity index (χ1) is 9.81. The summed E-state index contributed by atoms with van der Waals surface area (Å²) in [5.74, 6) is -2.65. The molecular weight excluding hydrogens is 276 g/mol. The number of carbonyl (C=O) groups excluding carboxylic acids is 2. The lowest BCUT2D eigenvalue weighted by Gasteiger charge is -2.18. The maximum Gasteiger partial charge on any atom is 0.308 e. The maximum absolute atomic E-state index is 12.0. The van der Waals surface area contributed by atoms with Crippen LogP contribution in [0.5, 0.6) is 5.75 Å². The van der Waals surface area contributed by atoms with Crippen LogP contribution in [0, 0.1) is 5.92 Å². The Balaban J connectivity index is 2.33. The normalized spacial score (nSPS) is 17.9. The molecule has 0 spiro atoms. The summed E-state index contributed by atoms with van der Waals surface area (Å²) in [5, 5.41) is 18.7. The molecule has 0 saturated carbocycles. The number of nitrogens with zero attached hydrogens (tertiary/aromatic N) is 2. The first kappa shape index (κ1) is 14.8. The molecule has 1 fully saturated rings. The highest BCUT2D eigenvalue weighted by molar-refractivity contribution is 6.02. The van der Waals surface area contributed by atoms with Crippen molar-refractivity contribution in [1.82, 2.24) is 4.90 Å². The Morgan fingerprint density at radius 1 is 1.33 bits per heavy atom. The summed E-state index contributed by atoms with van der Waals surface area (Å²) >= 11 is 0. The fourth-order valence-electron chi connectivity index (χ4n) is 2.23. The maximum atomic E-state index is 12.0. The van der Waals surface area contributed by atoms with Crippen molar-refractivity contribution in [2.75, 3.05) is 25.5 Å². The minimum absolute atomic E-state index is 0.0623. The Morgan fingerprint density at radius 3 is 2.52 bits per heavy atom. The van der Waals surface area contributed by atoms with Crippen molar-refractivity contribution >= 4 is 23.5 Å². The highest BCUT2D eigenvalue weighted by Crippen LogP contribution is 2.29. The molecule has 2 rings (SSSR count). The van der Waals surface area contributed by atoms with Crippen LogP contribution >= 0.6 is 0 Å². The van der Waals surface area contributed by atoms with E-state index in [0.717, 1.165) is 0 Å². The summed E-state index contributed by atoms with van der Waals surface area (Å²) in [5.41, 5.74) is 0.482. The van der Waals surface area contributed by atoms with Crippen LogP contribution in [0.15, 0.2) is 18.2 Å². The zero-order valence-corrected chi connectivity index (χ0v) is 11.7. The molecule has 1 saturated heterocycles. The molecule has 7 heteroatoms. The van der Waals surface area contributed by atoms with Gasteiger partial charge in [0.05, 0.1) is 11.5 Å². The molecule has 1 aromatic rings. The van der Waals surface area contributed by atoms with E-state index in [1.807, 2.05) is 0 Å². The van der Waals surface area contributed by atoms with Gasteiger partial charge in [-0.05, 0) is 18.2 Å². The van der Waals surface area contributed by atoms with Crippen molar-refractivity contribution in [3.63, 3.8) is 0 Å². The number of carbonyl (C=O) groups is 3. The second-order valence-corrected chi connectivity index (χ2v) is 5.14. The van der Waals surface area contributed by atoms with Gasteiger partial charge < -0.3 is 20.0 Å². The van der Waals surface area contributed by atoms with E-state index in [2.05, 4.69) is 0 Å². The summed E-state index contributed by atoms with van der Waals surface area (Å²) in [7, 11) is 3.10. The van der Waals surface area contributed by atoms with E-state index in [1.165, 1.54) is 28.0 Å². The molecular formula is C14H16N2O5. The zero-order valence-electron chi connectivity index (χ0n) is 11.7. The van der Waals surface area contributed by atoms with E-state index in [4.69, 9.17) is 5.11 Å². The van der Waals surface area contributed by atoms with Gasteiger partial charge in [-0.15, -0.1) is 0 Å². The lowest BCUT2D eigenvalue weighted by atomic mass is 10.1. The number of hydrogen-bond acceptors (Lipinski definition) is 4. The van der Waals surface area contributed by atoms with Crippen molar-refractivity contribution in [2.45, 2.75) is 6.42 Å². The van der Waals surface area contributed by atoms with Crippen LogP contribution < -0.4 is 4.90 Å². The number of anilines is 1. The van der Waals surface area contributed by atoms with Crippen LogP contribution in [-0.4, -0.2) is 53.5 Å². The number of phenols is 1. The highest BCUT2D eigenvalue weighted by atomic mass is 16.4. The molecule has 0 bridgehead atoms. The van der Waals surface area contributed by atoms with Crippen molar-refractivity contribution in [3.05, 3.63) is 23.8 Å². The van der Waals surface area contributed by atoms with E-state index in [0.29, 0.717) is 5.69 Å². The molecule has 1 heterocycles. The topological polar surface area (TPSA) is 98.2 Å². The van der Waals surface area contributed by atoms with Gasteiger partial charge in [-0.25, -0.2) is 0 Å². The largest absolute Gasteiger partial charge is 0.507 e. The molecule has 1 aliphatic heterocycles. The lowest BCUT2D eigenvalue weighted by molar-refractivity contribution is -0.141. The number of aromatic hydroxyl groups is 1. The van der Waals surface area contributed by atoms with Crippen LogP contribution in [0.1, 0.15) is 16.8 Å². The molecule has 0 aliphatic carbocycles. The first-order valence-electron chi connectivity index (χ1n) is 6.39. The molecule has 2 amide bonds. The van der Waals surface area contributed by atoms with Gasteiger partial charge in [0.15, 0.2) is 0 Å². The van der Waals surface area contributed by atoms with Gasteiger partial charge in [0.25, 0.3) is 5.91 Å². The van der Waals surface area contributed by atoms with E-state index >= 15 is 0 Å². The van der Waals surface area contributed by atoms with Gasteiger partial charge in [0, 0.05) is 32.7 Å². The second-order valence-electron chi connectivity index (χ2n) is 5.14. The predicted octanol–water partition coefficient (Wildman–Crippen LogP) is 0.531. The number of aliphatic carboxylic acids is 1. The zero-order chi connectivity index (χ0) is 15.7. The summed E-state index contributed by atoms with van der Waals surface area (Å²) in [6.07, 6.45) is -0.0623. The quantitative estimate of drug-likeness (QED) is 0.847. The Labute approximate surface area is 121 Å². The third-order valence-corrected chi connectivity index (χ3v) is 3.40. The average Bonchev–Trinajstić information content (AvgIpc) is 2.81. The van der Waals surface area contributed by atoms with Gasteiger partial charge in [-0.1, -0.05) is 0 Å². The van der Waals surface area contributed by atoms with Crippen LogP contribution in [0.3, 0.4) is 0 Å². The Kier molecular flexibility index (Phi) is 3.84. The SMILES string of the molecule is CN(C)C(=O)c1cc(N2C[C@H](C(=O)O)CC2=O)ccc1O. The smallest absolute Gasteiger partial charge is 0.308 e. The van der Waals surface area contributed by atoms with Crippen molar-refractivity contribution in [3.8, 4) is 5.75 Å². The number of carboxylic acids is 1. The van der Waals surface area contributed by atoms with Gasteiger partial charge in [-0.2, -0.15) is 0 Å². The molecule has 112 valence electrons. The van der Waals surface area contributed by atoms with Gasteiger partial charge >= 0.3 is 5.97 Å². The number of phenolic OH excluding ortho intramolecular Hbond substituents is 1. The number of rotatable bonds is 3. The van der Waals surface area contributed by atoms with Crippen molar-refractivity contribution in [1.29, 1.82) is 0 Å². The molecule has 1 aromatic carbocycles. The van der Waals surface area contributed by atoms with E-state index in [1.54, 1.807) is 14.1 Å². The van der Waals surface area contributed by atoms with Gasteiger partial charge in [0.1, 0.15) is 5.75 Å². The van der Waals surface area contributed by atoms with E-state index < -0.39 is 17.8 Å². The summed E-state index contributed by atoms with van der Waals surface area (Å²) in [4.78, 5) is 37.4. The Morgan fingerprint density at radius 2 is 2.00 bits per heavy atom. The summed E-state index contributed by atoms with van der Waals surface area (Å²) in [6, 6.07) is 4.22. The molecule has 1 aliphatic rings. The minimum atomic E-state index is -1.02. The highest BCUT2D eigenvalue weighted by Gasteiger charge is 2.35. The van der Waals surface area contributed by atoms with Crippen LogP contribution in [0.2, 0.25) is 0 Å². The number of carboxylic acid groups (broad SMARTS) is 1. The average molecular weight is 292 g/mol. The van der Waals surface area contributed by atoms with Crippen molar-refractivity contribution < 1.29 is 24.6 Å². The minimum Gasteiger partial charge on any atom is -0.507 e. The Bertz CT molecular complexity index is 611. The molecule has 0 unspecified atom stereocenters. The number of amides is 2. The molecule has 0 radical (unpaired) electrons. The molecule has 21 heavy (non-hydrogen) atoms. The van der Waals surface area contributed by atoms with Crippen LogP contribution in [0.25, 0.3) is 0 Å². The van der Waals surface area contributed by atoms with Crippen LogP contribution in [-0.2, 0) is 9.59 Å². The molecule has 2 N–H and O–H groups in total. The fraction of sp³-hybridized carbons (Fsp3) is 0.357. The molecule has 0 aromatic heterocycles. The number of benzene rings is 1. The van der Waals surface area contributed by atoms with E-state index in [-0.39, 0.29) is 30.2 Å². The first-order valence-corrected chi connectivity index (χ1v) is 6.39.